The molecule has 1 radical (unpaired) electrons. The molecule has 5 nitrogen and oxygen atoms in total. The van der Waals surface area contributed by atoms with Crippen LogP contribution in [-0.2, 0) is 0 Å². The molecule has 1 saturated heterocycles. The molecule has 0 aromatic heterocycles. The molecule has 0 atom stereocenters. The van der Waals surface area contributed by atoms with Gasteiger partial charge in [0.05, 0.1) is 0 Å². The minimum absolute atomic E-state index is 0.0712. The summed E-state index contributed by atoms with van der Waals surface area (Å²) in [7, 11) is 1.59. The van der Waals surface area contributed by atoms with Crippen molar-refractivity contribution in [3.63, 3.8) is 0 Å². The Morgan fingerprint density at radius 1 is 1.15 bits per heavy atom. The fourth-order valence-electron chi connectivity index (χ4n) is 3.60. The normalized spacial score (nSPS) is 14.8. The summed E-state index contributed by atoms with van der Waals surface area (Å²) in [5.41, 5.74) is -1.71. The zero-order valence-electron chi connectivity index (χ0n) is 18.0. The molecule has 0 saturated carbocycles. The summed E-state index contributed by atoms with van der Waals surface area (Å²) in [4.78, 5) is 14.4. The topological polar surface area (TPSA) is 61.8 Å². The predicted molar refractivity (Wildman–Crippen MR) is 133 cm³/mol. The Morgan fingerprint density at radius 2 is 1.91 bits per heavy atom. The Kier molecular flexibility index (Phi) is 7.44. The number of aliphatic hydroxyl groups is 1. The van der Waals surface area contributed by atoms with E-state index in [1.54, 1.807) is 13.2 Å². The van der Waals surface area contributed by atoms with Gasteiger partial charge < -0.3 is 0 Å². The van der Waals surface area contributed by atoms with Crippen LogP contribution in [0.25, 0.3) is 0 Å². The summed E-state index contributed by atoms with van der Waals surface area (Å²) < 4.78 is 49.8. The first-order valence-corrected chi connectivity index (χ1v) is 13.6. The molecule has 1 aliphatic rings. The number of likely N-dealkylation sites (tertiary alicyclic amines) is 1. The van der Waals surface area contributed by atoms with Gasteiger partial charge in [-0.1, -0.05) is 0 Å². The minimum atomic E-state index is -1.28. The van der Waals surface area contributed by atoms with Crippen molar-refractivity contribution in [2.75, 3.05) is 25.5 Å². The molecule has 0 unspecified atom stereocenters. The number of β-amino-alcohol motifs (C(OH)–C–C–N with tert-alkyl or cyclic N) is 1. The molecule has 4 rings (SSSR count). The van der Waals surface area contributed by atoms with Crippen LogP contribution in [0.3, 0.4) is 0 Å². The van der Waals surface area contributed by atoms with Crippen LogP contribution in [-0.4, -0.2) is 57.5 Å². The third-order valence-corrected chi connectivity index (χ3v) is 8.97. The van der Waals surface area contributed by atoms with Crippen LogP contribution in [0, 0.1) is 21.0 Å². The van der Waals surface area contributed by atoms with Crippen molar-refractivity contribution in [2.24, 2.45) is 0 Å². The summed E-state index contributed by atoms with van der Waals surface area (Å²) >= 11 is 1.57. The van der Waals surface area contributed by atoms with Crippen molar-refractivity contribution in [1.29, 1.82) is 0 Å². The van der Waals surface area contributed by atoms with E-state index in [0.29, 0.717) is 8.78 Å². The van der Waals surface area contributed by atoms with Gasteiger partial charge in [0.15, 0.2) is 0 Å². The van der Waals surface area contributed by atoms with Gasteiger partial charge in [0.1, 0.15) is 0 Å². The number of carbonyl (C=O) groups is 1. The summed E-state index contributed by atoms with van der Waals surface area (Å²) in [6.07, 6.45) is 0. The van der Waals surface area contributed by atoms with Crippen molar-refractivity contribution >= 4 is 60.0 Å². The molecule has 177 valence electrons. The van der Waals surface area contributed by atoms with Crippen molar-refractivity contribution in [2.45, 2.75) is 10.8 Å². The van der Waals surface area contributed by atoms with E-state index in [9.17, 15) is 23.1 Å². The Morgan fingerprint density at radius 3 is 2.62 bits per heavy atom. The summed E-state index contributed by atoms with van der Waals surface area (Å²) in [6.45, 7) is 0.142. The van der Waals surface area contributed by atoms with Crippen LogP contribution in [0.1, 0.15) is 10.4 Å². The molecule has 34 heavy (non-hydrogen) atoms. The second-order valence-electron chi connectivity index (χ2n) is 7.94. The van der Waals surface area contributed by atoms with Crippen LogP contribution < -0.4 is 14.4 Å². The number of benzene rings is 3. The van der Waals surface area contributed by atoms with Gasteiger partial charge in [0.2, 0.25) is 0 Å². The molecule has 3 aromatic rings. The maximum absolute atomic E-state index is 14.6. The number of nitrogens with zero attached hydrogens (tertiary/aromatic N) is 1. The standard InChI is InChI=1S/C24H20AsF3IN2O3/c1-34-16-4-2-3-14(9-16)25-11-24(33)12-31(13-24)23(32)17-6-7-18(26)21(28)22(17)30-20-8-5-15(29)10-19(20)27/h2-10,30,33H,11-13H2,1H3. The fourth-order valence-corrected chi connectivity index (χ4v) is 6.34. The van der Waals surface area contributed by atoms with Gasteiger partial charge in [0, 0.05) is 0 Å². The quantitative estimate of drug-likeness (QED) is 0.301. The average molecular weight is 643 g/mol. The molecule has 10 heteroatoms. The van der Waals surface area contributed by atoms with Gasteiger partial charge in [-0.2, -0.15) is 0 Å². The monoisotopic (exact) mass is 643 g/mol. The Bertz CT molecular complexity index is 1240. The van der Waals surface area contributed by atoms with Crippen LogP contribution in [0.15, 0.2) is 54.6 Å². The summed E-state index contributed by atoms with van der Waals surface area (Å²) in [6, 6.07) is 13.9. The third kappa shape index (κ3) is 5.36. The van der Waals surface area contributed by atoms with Gasteiger partial charge in [-0.05, 0) is 22.6 Å². The van der Waals surface area contributed by atoms with Crippen LogP contribution in [0.5, 0.6) is 5.75 Å². The van der Waals surface area contributed by atoms with Crippen molar-refractivity contribution in [3.05, 3.63) is 81.2 Å². The number of hydrogen-bond acceptors (Lipinski definition) is 4. The predicted octanol–water partition coefficient (Wildman–Crippen LogP) is 4.10. The van der Waals surface area contributed by atoms with E-state index >= 15 is 0 Å². The van der Waals surface area contributed by atoms with E-state index in [4.69, 9.17) is 4.74 Å². The van der Waals surface area contributed by atoms with Crippen molar-refractivity contribution in [1.82, 2.24) is 4.90 Å². The first-order chi connectivity index (χ1) is 16.2. The molecular weight excluding hydrogens is 623 g/mol. The van der Waals surface area contributed by atoms with Crippen LogP contribution >= 0.6 is 22.6 Å². The number of ether oxygens (including phenoxy) is 1. The molecule has 1 amide bonds. The number of anilines is 2. The Hall–Kier alpha value is -2.23. The van der Waals surface area contributed by atoms with Crippen molar-refractivity contribution < 1.29 is 27.8 Å². The zero-order chi connectivity index (χ0) is 24.5. The van der Waals surface area contributed by atoms with Gasteiger partial charge >= 0.3 is 193 Å². The number of rotatable bonds is 7. The number of halogens is 4. The molecule has 3 aromatic carbocycles. The number of methoxy groups -OCH3 is 1. The molecule has 1 heterocycles. The molecule has 1 aliphatic heterocycles. The molecule has 0 spiro atoms. The Labute approximate surface area is 215 Å². The van der Waals surface area contributed by atoms with E-state index in [0.717, 1.165) is 22.2 Å². The summed E-state index contributed by atoms with van der Waals surface area (Å²) in [5.74, 6) is -2.93. The number of amides is 1. The van der Waals surface area contributed by atoms with Crippen LogP contribution in [0.2, 0.25) is 5.21 Å². The van der Waals surface area contributed by atoms with Gasteiger partial charge in [-0.15, -0.1) is 0 Å². The SMILES string of the molecule is COc1cccc([As]CC2(O)CN(C(=O)c3ccc(F)c(F)c3Nc3ccc(I)cc3F)C2)c1. The number of hydrogen-bond donors (Lipinski definition) is 2. The Balaban J connectivity index is 1.47. The number of carbonyl (C=O) groups excluding carboxylic acids is 1. The van der Waals surface area contributed by atoms with Crippen LogP contribution in [0.4, 0.5) is 24.5 Å². The molecule has 2 N–H and O–H groups in total. The third-order valence-electron chi connectivity index (χ3n) is 5.38. The van der Waals surface area contributed by atoms with Crippen molar-refractivity contribution in [3.8, 4) is 5.75 Å². The maximum atomic E-state index is 14.6. The second kappa shape index (κ2) is 10.2. The average Bonchev–Trinajstić information content (AvgIpc) is 2.80. The molecule has 1 fully saturated rings. The molecule has 0 aliphatic carbocycles. The summed E-state index contributed by atoms with van der Waals surface area (Å²) in [5, 5.41) is 13.9. The molecular formula is C24H20AsF3IN2O3. The van der Waals surface area contributed by atoms with E-state index < -0.39 is 34.6 Å². The van der Waals surface area contributed by atoms with Gasteiger partial charge in [0.25, 0.3) is 0 Å². The van der Waals surface area contributed by atoms with E-state index in [1.165, 1.54) is 17.0 Å². The molecule has 0 bridgehead atoms. The van der Waals surface area contributed by atoms with E-state index in [2.05, 4.69) is 5.32 Å². The fraction of sp³-hybridized carbons (Fsp3) is 0.208. The van der Waals surface area contributed by atoms with E-state index in [-0.39, 0.29) is 40.1 Å². The zero-order valence-corrected chi connectivity index (χ0v) is 22.0. The van der Waals surface area contributed by atoms with Gasteiger partial charge in [-0.3, -0.25) is 0 Å². The first kappa shape index (κ1) is 24.9. The van der Waals surface area contributed by atoms with E-state index in [1.807, 2.05) is 46.9 Å². The number of nitrogens with one attached hydrogen (secondary N) is 1. The first-order valence-electron chi connectivity index (χ1n) is 10.2. The van der Waals surface area contributed by atoms with Gasteiger partial charge in [-0.25, -0.2) is 0 Å². The second-order valence-corrected chi connectivity index (χ2v) is 11.6.